The predicted octanol–water partition coefficient (Wildman–Crippen LogP) is 5.94. The molecule has 4 atom stereocenters. The van der Waals surface area contributed by atoms with E-state index >= 15 is 0 Å². The van der Waals surface area contributed by atoms with E-state index in [1.54, 1.807) is 35.6 Å². The number of H-pyrrole nitrogens is 1. The van der Waals surface area contributed by atoms with Gasteiger partial charge in [0, 0.05) is 55.3 Å². The van der Waals surface area contributed by atoms with Crippen LogP contribution in [0.3, 0.4) is 0 Å². The van der Waals surface area contributed by atoms with Crippen LogP contribution in [-0.4, -0.2) is 103 Å². The Bertz CT molecular complexity index is 2460. The summed E-state index contributed by atoms with van der Waals surface area (Å²) in [5.41, 5.74) is 7.16. The van der Waals surface area contributed by atoms with Gasteiger partial charge in [-0.2, -0.15) is 0 Å². The lowest BCUT2D eigenvalue weighted by Crippen LogP contribution is -2.57. The number of β-amino-alcohol motifs (C(OH)–C–C–N with tert-alkyl or cyclic N) is 1. The molecule has 64 heavy (non-hydrogen) atoms. The highest BCUT2D eigenvalue weighted by Gasteiger charge is 2.44. The lowest BCUT2D eigenvalue weighted by atomic mass is 9.85. The average Bonchev–Trinajstić information content (AvgIpc) is 4.08. The molecule has 2 aliphatic heterocycles. The first kappa shape index (κ1) is 46.0. The summed E-state index contributed by atoms with van der Waals surface area (Å²) in [5, 5.41) is 22.2. The van der Waals surface area contributed by atoms with Crippen LogP contribution in [0.15, 0.2) is 72.2 Å². The number of imidazole rings is 1. The zero-order valence-corrected chi connectivity index (χ0v) is 38.0. The summed E-state index contributed by atoms with van der Waals surface area (Å²) >= 11 is 1.57. The van der Waals surface area contributed by atoms with Gasteiger partial charge in [-0.15, -0.1) is 11.3 Å². The van der Waals surface area contributed by atoms with Crippen molar-refractivity contribution in [3.8, 4) is 10.4 Å². The number of nitrogens with one attached hydrogen (secondary N) is 5. The number of aliphatic hydroxyl groups excluding tert-OH is 1. The van der Waals surface area contributed by atoms with Crippen LogP contribution in [0.4, 0.5) is 5.69 Å². The fourth-order valence-corrected chi connectivity index (χ4v) is 9.15. The third-order valence-electron chi connectivity index (χ3n) is 12.1. The Balaban J connectivity index is 0.834. The van der Waals surface area contributed by atoms with Gasteiger partial charge in [0.1, 0.15) is 17.9 Å². The summed E-state index contributed by atoms with van der Waals surface area (Å²) in [4.78, 5) is 83.9. The number of hydrogen-bond acceptors (Lipinski definition) is 10. The maximum atomic E-state index is 14.0. The highest BCUT2D eigenvalue weighted by molar-refractivity contribution is 7.13. The molecular formula is C48H59N9O6S. The lowest BCUT2D eigenvalue weighted by molar-refractivity contribution is -0.144. The van der Waals surface area contributed by atoms with Gasteiger partial charge in [0.05, 0.1) is 39.8 Å². The number of benzene rings is 3. The van der Waals surface area contributed by atoms with Crippen molar-refractivity contribution in [2.45, 2.75) is 110 Å². The Morgan fingerprint density at radius 1 is 0.953 bits per heavy atom. The van der Waals surface area contributed by atoms with Crippen molar-refractivity contribution >= 4 is 57.6 Å². The lowest BCUT2D eigenvalue weighted by Gasteiger charge is -2.35. The number of aliphatic hydroxyl groups is 1. The van der Waals surface area contributed by atoms with Gasteiger partial charge in [-0.3, -0.25) is 28.9 Å². The molecule has 5 aromatic rings. The monoisotopic (exact) mass is 889 g/mol. The topological polar surface area (TPSA) is 202 Å². The summed E-state index contributed by atoms with van der Waals surface area (Å²) in [7, 11) is 0. The van der Waals surface area contributed by atoms with Crippen molar-refractivity contribution < 1.29 is 29.1 Å². The largest absolute Gasteiger partial charge is 0.391 e. The first-order valence-corrected chi connectivity index (χ1v) is 23.0. The Morgan fingerprint density at radius 2 is 1.69 bits per heavy atom. The van der Waals surface area contributed by atoms with Gasteiger partial charge in [-0.25, -0.2) is 9.97 Å². The zero-order valence-electron chi connectivity index (χ0n) is 37.2. The number of rotatable bonds is 16. The molecule has 338 valence electrons. The fourth-order valence-electron chi connectivity index (χ4n) is 8.34. The number of amides is 5. The minimum Gasteiger partial charge on any atom is -0.391 e. The standard InChI is InChI=1S/C48H59N9O6S/c1-29-9-8-22-56(29)27-40-53-37-20-19-35(23-38(37)54-40)52-45(61)34-17-15-33(16-18-34)44(60)49-21-7-6-10-41(59)55-43(48(3,4)5)47(63)57-26-36(58)24-39(57)46(62)50-25-31-11-13-32(14-12-31)42-30(2)51-28-64-42/h11-20,23,28-29,36,39,43,58H,6-10,21-22,24-27H2,1-5H3,(H,49,60)(H,50,62)(H,52,61)(H,53,54)(H,55,59)/t29-,36+,39-,43+/m0/s1. The van der Waals surface area contributed by atoms with Gasteiger partial charge in [0.15, 0.2) is 0 Å². The van der Waals surface area contributed by atoms with Gasteiger partial charge in [-0.1, -0.05) is 45.0 Å². The van der Waals surface area contributed by atoms with Crippen LogP contribution in [0.2, 0.25) is 0 Å². The minimum absolute atomic E-state index is 0.0134. The molecule has 2 fully saturated rings. The zero-order chi connectivity index (χ0) is 45.5. The number of likely N-dealkylation sites (tertiary alicyclic amines) is 2. The van der Waals surface area contributed by atoms with E-state index in [-0.39, 0.29) is 49.6 Å². The molecule has 0 bridgehead atoms. The van der Waals surface area contributed by atoms with E-state index in [4.69, 9.17) is 4.98 Å². The first-order chi connectivity index (χ1) is 30.6. The second-order valence-corrected chi connectivity index (χ2v) is 18.9. The Morgan fingerprint density at radius 3 is 2.36 bits per heavy atom. The van der Waals surface area contributed by atoms with Gasteiger partial charge in [-0.05, 0) is 105 Å². The molecule has 6 N–H and O–H groups in total. The summed E-state index contributed by atoms with van der Waals surface area (Å²) in [5.74, 6) is -0.821. The van der Waals surface area contributed by atoms with E-state index in [9.17, 15) is 29.1 Å². The summed E-state index contributed by atoms with van der Waals surface area (Å²) in [6.45, 7) is 12.1. The molecule has 3 aromatic carbocycles. The number of aromatic nitrogens is 3. The number of anilines is 1. The van der Waals surface area contributed by atoms with E-state index in [1.165, 1.54) is 17.7 Å². The Labute approximate surface area is 377 Å². The maximum Gasteiger partial charge on any atom is 0.255 e. The second kappa shape index (κ2) is 20.2. The van der Waals surface area contributed by atoms with E-state index in [1.807, 2.05) is 75.7 Å². The molecule has 0 unspecified atom stereocenters. The van der Waals surface area contributed by atoms with E-state index in [0.717, 1.165) is 51.6 Å². The Hall–Kier alpha value is -5.97. The molecule has 2 saturated heterocycles. The molecule has 5 amide bonds. The van der Waals surface area contributed by atoms with Crippen LogP contribution >= 0.6 is 11.3 Å². The highest BCUT2D eigenvalue weighted by atomic mass is 32.1. The van der Waals surface area contributed by atoms with Crippen LogP contribution in [0.25, 0.3) is 21.5 Å². The quantitative estimate of drug-likeness (QED) is 0.0649. The van der Waals surface area contributed by atoms with Crippen molar-refractivity contribution in [2.75, 3.05) is 25.0 Å². The summed E-state index contributed by atoms with van der Waals surface area (Å²) in [6.07, 6.45) is 2.72. The molecule has 0 radical (unpaired) electrons. The smallest absolute Gasteiger partial charge is 0.255 e. The second-order valence-electron chi connectivity index (χ2n) is 18.1. The van der Waals surface area contributed by atoms with Crippen LogP contribution in [0, 0.1) is 12.3 Å². The van der Waals surface area contributed by atoms with Crippen LogP contribution in [0.1, 0.15) is 104 Å². The van der Waals surface area contributed by atoms with Gasteiger partial charge in [0.25, 0.3) is 11.8 Å². The molecule has 2 aromatic heterocycles. The molecule has 0 spiro atoms. The number of nitrogens with zero attached hydrogens (tertiary/aromatic N) is 4. The van der Waals surface area contributed by atoms with E-state index in [2.05, 4.69) is 43.1 Å². The molecule has 4 heterocycles. The third kappa shape index (κ3) is 11.4. The van der Waals surface area contributed by atoms with Gasteiger partial charge < -0.3 is 36.3 Å². The number of carbonyl (C=O) groups excluding carboxylic acids is 5. The number of hydrogen-bond donors (Lipinski definition) is 6. The minimum atomic E-state index is -0.935. The molecular weight excluding hydrogens is 831 g/mol. The highest BCUT2D eigenvalue weighted by Crippen LogP contribution is 2.29. The fraction of sp³-hybridized carbons (Fsp3) is 0.438. The molecule has 16 heteroatoms. The SMILES string of the molecule is Cc1ncsc1-c1ccc(CNC(=O)[C@@H]2C[C@@H](O)CN2C(=O)[C@@H](NC(=O)CCCCNC(=O)c2ccc(C(=O)Nc3ccc4nc(CN5CCC[C@@H]5C)[nH]c4c3)cc2)C(C)(C)C)cc1. The van der Waals surface area contributed by atoms with Gasteiger partial charge in [0.2, 0.25) is 17.7 Å². The normalized spacial score (nSPS) is 18.2. The molecule has 15 nitrogen and oxygen atoms in total. The van der Waals surface area contributed by atoms with Crippen molar-refractivity contribution in [3.05, 3.63) is 100 Å². The number of unbranched alkanes of at least 4 members (excludes halogenated alkanes) is 1. The van der Waals surface area contributed by atoms with Crippen molar-refractivity contribution in [1.82, 2.24) is 40.7 Å². The molecule has 0 aliphatic carbocycles. The number of aromatic amines is 1. The summed E-state index contributed by atoms with van der Waals surface area (Å²) < 4.78 is 0. The third-order valence-corrected chi connectivity index (χ3v) is 13.0. The predicted molar refractivity (Wildman–Crippen MR) is 247 cm³/mol. The van der Waals surface area contributed by atoms with E-state index < -0.39 is 29.5 Å². The average molecular weight is 890 g/mol. The number of aryl methyl sites for hydroxylation is 1. The van der Waals surface area contributed by atoms with Crippen molar-refractivity contribution in [1.29, 1.82) is 0 Å². The number of carbonyl (C=O) groups is 5. The maximum absolute atomic E-state index is 14.0. The van der Waals surface area contributed by atoms with E-state index in [0.29, 0.717) is 42.2 Å². The first-order valence-electron chi connectivity index (χ1n) is 22.1. The van der Waals surface area contributed by atoms with Crippen LogP contribution < -0.4 is 21.3 Å². The number of thiazole rings is 1. The van der Waals surface area contributed by atoms with Crippen molar-refractivity contribution in [2.24, 2.45) is 5.41 Å². The van der Waals surface area contributed by atoms with Crippen molar-refractivity contribution in [3.63, 3.8) is 0 Å². The van der Waals surface area contributed by atoms with Crippen LogP contribution in [-0.2, 0) is 27.5 Å². The molecule has 2 aliphatic rings. The van der Waals surface area contributed by atoms with Crippen LogP contribution in [0.5, 0.6) is 0 Å². The van der Waals surface area contributed by atoms with Gasteiger partial charge >= 0.3 is 0 Å². The number of fused-ring (bicyclic) bond motifs is 1. The molecule has 0 saturated carbocycles. The summed E-state index contributed by atoms with van der Waals surface area (Å²) in [6, 6.07) is 18.6. The molecule has 7 rings (SSSR count). The Kier molecular flexibility index (Phi) is 14.6.